The fourth-order valence-electron chi connectivity index (χ4n) is 5.93. The third-order valence-corrected chi connectivity index (χ3v) is 10.2. The lowest BCUT2D eigenvalue weighted by Gasteiger charge is -2.51. The van der Waals surface area contributed by atoms with Gasteiger partial charge in [-0.2, -0.15) is 0 Å². The zero-order valence-electron chi connectivity index (χ0n) is 22.4. The Morgan fingerprint density at radius 3 is 2.77 bits per heavy atom. The number of amides is 1. The topological polar surface area (TPSA) is 95.9 Å². The fraction of sp³-hybridized carbons (Fsp3) is 0.500. The molecule has 2 aliphatic heterocycles. The molecule has 3 atom stereocenters. The number of rotatable bonds is 0. The summed E-state index contributed by atoms with van der Waals surface area (Å²) in [7, 11) is -3.79. The highest BCUT2D eigenvalue weighted by Crippen LogP contribution is 2.50. The van der Waals surface area contributed by atoms with E-state index in [0.717, 1.165) is 49.9 Å². The van der Waals surface area contributed by atoms with Crippen LogP contribution in [0.2, 0.25) is 5.02 Å². The van der Waals surface area contributed by atoms with Crippen molar-refractivity contribution in [2.45, 2.75) is 64.6 Å². The number of carbonyl (C=O) groups is 1. The van der Waals surface area contributed by atoms with Crippen LogP contribution in [-0.2, 0) is 23.1 Å². The fourth-order valence-corrected chi connectivity index (χ4v) is 7.17. The van der Waals surface area contributed by atoms with Gasteiger partial charge in [0, 0.05) is 29.1 Å². The van der Waals surface area contributed by atoms with Crippen molar-refractivity contribution in [2.75, 3.05) is 23.7 Å². The number of aryl methyl sites for hydroxylation is 1. The molecule has 5 rings (SSSR count). The lowest BCUT2D eigenvalue weighted by Crippen LogP contribution is -2.51. The van der Waals surface area contributed by atoms with Crippen LogP contribution in [0.1, 0.15) is 66.9 Å². The first-order chi connectivity index (χ1) is 18.6. The van der Waals surface area contributed by atoms with Crippen LogP contribution in [-0.4, -0.2) is 44.4 Å². The highest BCUT2D eigenvalue weighted by atomic mass is 35.5. The average molecular weight is 573 g/mol. The number of halogens is 1. The Labute approximate surface area is 236 Å². The lowest BCUT2D eigenvalue weighted by molar-refractivity contribution is -0.0466. The molecule has 0 saturated heterocycles. The third kappa shape index (κ3) is 6.28. The number of carbonyl (C=O) groups excluding carboxylic acids is 1. The summed E-state index contributed by atoms with van der Waals surface area (Å²) in [5.41, 5.74) is 3.02. The van der Waals surface area contributed by atoms with Gasteiger partial charge >= 0.3 is 0 Å². The first-order valence-corrected chi connectivity index (χ1v) is 15.9. The largest absolute Gasteiger partial charge is 0.487 e. The molecule has 2 heterocycles. The molecule has 0 aromatic heterocycles. The molecular weight excluding hydrogens is 536 g/mol. The normalized spacial score (nSPS) is 28.4. The van der Waals surface area contributed by atoms with Crippen molar-refractivity contribution in [1.29, 1.82) is 0 Å². The van der Waals surface area contributed by atoms with Crippen LogP contribution in [0.4, 0.5) is 5.69 Å². The Bertz CT molecular complexity index is 1360. The van der Waals surface area contributed by atoms with Crippen LogP contribution < -0.4 is 14.4 Å². The minimum atomic E-state index is -3.79. The van der Waals surface area contributed by atoms with E-state index >= 15 is 0 Å². The Morgan fingerprint density at radius 2 is 1.97 bits per heavy atom. The lowest BCUT2D eigenvalue weighted by atomic mass is 9.58. The summed E-state index contributed by atoms with van der Waals surface area (Å²) in [5.74, 6) is 0.0955. The number of hydrogen-bond acceptors (Lipinski definition) is 6. The van der Waals surface area contributed by atoms with Crippen LogP contribution in [0, 0.1) is 11.3 Å². The molecule has 39 heavy (non-hydrogen) atoms. The van der Waals surface area contributed by atoms with Crippen molar-refractivity contribution in [2.24, 2.45) is 11.3 Å². The molecule has 1 fully saturated rings. The summed E-state index contributed by atoms with van der Waals surface area (Å²) in [6, 6.07) is 11.0. The molecule has 2 bridgehead atoms. The standard InChI is InChI=1S/C30H37ClN2O5S/c1-30-14-13-24(30)19-33-15-5-4-7-21-17-25(31)11-9-23(21)20-38-27-12-10-22(18-26(27)33)29(35)32-39(36,37)16-6-2-3-8-28(30)34/h3,8-12,17-18,24,28,34H,2,4-7,13-16,19-20H2,1H3,(H,32,35)/b8-3+/t24-,28+,30-/m1/s1. The molecule has 0 spiro atoms. The Balaban J connectivity index is 1.54. The maximum atomic E-state index is 13.1. The summed E-state index contributed by atoms with van der Waals surface area (Å²) >= 11 is 6.29. The highest BCUT2D eigenvalue weighted by Gasteiger charge is 2.47. The van der Waals surface area contributed by atoms with Gasteiger partial charge in [0.1, 0.15) is 12.4 Å². The second kappa shape index (κ2) is 11.5. The predicted molar refractivity (Wildman–Crippen MR) is 154 cm³/mol. The van der Waals surface area contributed by atoms with E-state index < -0.39 is 22.0 Å². The summed E-state index contributed by atoms with van der Waals surface area (Å²) in [4.78, 5) is 15.3. The number of aliphatic hydroxyl groups is 1. The number of fused-ring (bicyclic) bond motifs is 3. The first-order valence-electron chi connectivity index (χ1n) is 13.8. The second-order valence-electron chi connectivity index (χ2n) is 11.3. The van der Waals surface area contributed by atoms with Gasteiger partial charge in [-0.25, -0.2) is 13.1 Å². The molecule has 210 valence electrons. The van der Waals surface area contributed by atoms with Crippen LogP contribution in [0.25, 0.3) is 0 Å². The van der Waals surface area contributed by atoms with Crippen LogP contribution in [0.3, 0.4) is 0 Å². The molecule has 1 amide bonds. The highest BCUT2D eigenvalue weighted by molar-refractivity contribution is 7.90. The molecule has 7 nitrogen and oxygen atoms in total. The van der Waals surface area contributed by atoms with Gasteiger partial charge in [-0.3, -0.25) is 4.79 Å². The maximum absolute atomic E-state index is 13.1. The Kier molecular flexibility index (Phi) is 8.26. The summed E-state index contributed by atoms with van der Waals surface area (Å²) in [5, 5.41) is 11.8. The van der Waals surface area contributed by atoms with E-state index in [1.807, 2.05) is 30.4 Å². The van der Waals surface area contributed by atoms with Gasteiger partial charge < -0.3 is 14.7 Å². The number of sulfonamides is 1. The molecule has 3 aliphatic rings. The maximum Gasteiger partial charge on any atom is 0.264 e. The van der Waals surface area contributed by atoms with Crippen molar-refractivity contribution < 1.29 is 23.1 Å². The van der Waals surface area contributed by atoms with Crippen LogP contribution in [0.15, 0.2) is 48.6 Å². The summed E-state index contributed by atoms with van der Waals surface area (Å²) < 4.78 is 33.8. The Hall–Kier alpha value is -2.55. The predicted octanol–water partition coefficient (Wildman–Crippen LogP) is 5.25. The number of hydrogen-bond donors (Lipinski definition) is 2. The zero-order valence-corrected chi connectivity index (χ0v) is 23.9. The first kappa shape index (κ1) is 28.0. The number of anilines is 1. The van der Waals surface area contributed by atoms with Crippen molar-refractivity contribution in [1.82, 2.24) is 4.72 Å². The molecule has 9 heteroatoms. The van der Waals surface area contributed by atoms with E-state index in [-0.39, 0.29) is 22.6 Å². The van der Waals surface area contributed by atoms with Gasteiger partial charge in [0.2, 0.25) is 10.0 Å². The van der Waals surface area contributed by atoms with E-state index in [4.69, 9.17) is 16.3 Å². The molecule has 2 aromatic carbocycles. The SMILES string of the molecule is C[C@@]12CC[C@@H]1CN1CCCCc3cc(Cl)ccc3COc3ccc(cc31)C(=O)NS(=O)(=O)CCC/C=C/[C@@H]2O. The van der Waals surface area contributed by atoms with E-state index in [1.54, 1.807) is 18.2 Å². The van der Waals surface area contributed by atoms with Crippen molar-refractivity contribution in [3.05, 3.63) is 70.3 Å². The van der Waals surface area contributed by atoms with Gasteiger partial charge in [-0.15, -0.1) is 0 Å². The third-order valence-electron chi connectivity index (χ3n) is 8.67. The van der Waals surface area contributed by atoms with Crippen LogP contribution >= 0.6 is 11.6 Å². The number of ether oxygens (including phenoxy) is 1. The average Bonchev–Trinajstić information content (AvgIpc) is 2.92. The van der Waals surface area contributed by atoms with Crippen LogP contribution in [0.5, 0.6) is 5.75 Å². The monoisotopic (exact) mass is 572 g/mol. The van der Waals surface area contributed by atoms with Crippen molar-refractivity contribution in [3.8, 4) is 5.75 Å². The molecule has 0 radical (unpaired) electrons. The Morgan fingerprint density at radius 1 is 1.13 bits per heavy atom. The molecule has 2 aromatic rings. The zero-order chi connectivity index (χ0) is 27.6. The number of aliphatic hydroxyl groups excluding tert-OH is 1. The number of allylic oxidation sites excluding steroid dienone is 1. The summed E-state index contributed by atoms with van der Waals surface area (Å²) in [6.07, 6.45) is 8.66. The van der Waals surface area contributed by atoms with Gasteiger partial charge in [0.05, 0.1) is 17.5 Å². The molecular formula is C30H37ClN2O5S. The quantitative estimate of drug-likeness (QED) is 0.419. The molecule has 0 unspecified atom stereocenters. The van der Waals surface area contributed by atoms with Gasteiger partial charge in [-0.05, 0) is 92.3 Å². The second-order valence-corrected chi connectivity index (χ2v) is 13.6. The van der Waals surface area contributed by atoms with E-state index in [0.29, 0.717) is 36.8 Å². The van der Waals surface area contributed by atoms with Gasteiger partial charge in [-0.1, -0.05) is 36.7 Å². The van der Waals surface area contributed by atoms with Gasteiger partial charge in [0.15, 0.2) is 0 Å². The number of benzene rings is 2. The minimum absolute atomic E-state index is 0.164. The summed E-state index contributed by atoms with van der Waals surface area (Å²) in [6.45, 7) is 3.95. The molecule has 2 N–H and O–H groups in total. The van der Waals surface area contributed by atoms with E-state index in [2.05, 4.69) is 16.5 Å². The smallest absolute Gasteiger partial charge is 0.264 e. The van der Waals surface area contributed by atoms with Crippen molar-refractivity contribution >= 4 is 33.2 Å². The van der Waals surface area contributed by atoms with E-state index in [1.165, 1.54) is 5.56 Å². The van der Waals surface area contributed by atoms with Crippen molar-refractivity contribution in [3.63, 3.8) is 0 Å². The molecule has 1 saturated carbocycles. The number of nitrogens with zero attached hydrogens (tertiary/aromatic N) is 1. The number of nitrogens with one attached hydrogen (secondary N) is 1. The minimum Gasteiger partial charge on any atom is -0.487 e. The van der Waals surface area contributed by atoms with Gasteiger partial charge in [0.25, 0.3) is 5.91 Å². The molecule has 1 aliphatic carbocycles. The van der Waals surface area contributed by atoms with E-state index in [9.17, 15) is 18.3 Å².